The molecule has 0 atom stereocenters. The zero-order valence-corrected chi connectivity index (χ0v) is 8.34. The zero-order valence-electron chi connectivity index (χ0n) is 4.17. The van der Waals surface area contributed by atoms with E-state index in [1.807, 2.05) is 0 Å². The topological polar surface area (TPSA) is 71.4 Å². The molecule has 0 N–H and O–H groups in total. The first-order chi connectivity index (χ1) is 3.35. The number of nitrogens with zero attached hydrogens (tertiary/aromatic N) is 3. The molecule has 0 bridgehead atoms. The van der Waals surface area contributed by atoms with E-state index in [4.69, 9.17) is 15.8 Å². The molecule has 0 saturated carbocycles. The summed E-state index contributed by atoms with van der Waals surface area (Å²) in [5.74, 6) is 0. The van der Waals surface area contributed by atoms with E-state index >= 15 is 0 Å². The fourth-order valence-corrected chi connectivity index (χ4v) is 0.206. The molecule has 0 aromatic carbocycles. The predicted molar refractivity (Wildman–Crippen MR) is 22.6 cm³/mol. The van der Waals surface area contributed by atoms with Crippen LogP contribution in [0.5, 0.6) is 0 Å². The second-order valence-electron chi connectivity index (χ2n) is 0.474. The Labute approximate surface area is 94.1 Å². The van der Waals surface area contributed by atoms with E-state index in [2.05, 4.69) is 0 Å². The van der Waals surface area contributed by atoms with Gasteiger partial charge in [0, 0.05) is 51.4 Å². The maximum Gasteiger partial charge on any atom is 0 e. The smallest absolute Gasteiger partial charge is 0 e. The minimum atomic E-state index is -1.62. The summed E-state index contributed by atoms with van der Waals surface area (Å²) < 4.78 is 0. The monoisotopic (exact) mass is 176 g/mol. The van der Waals surface area contributed by atoms with Gasteiger partial charge in [-0.25, -0.2) is 0 Å². The van der Waals surface area contributed by atoms with E-state index in [9.17, 15) is 0 Å². The fourth-order valence-electron chi connectivity index (χ4n) is 0.0500. The third-order valence-electron chi connectivity index (χ3n) is 0.224. The second-order valence-corrected chi connectivity index (χ2v) is 1.95. The first kappa shape index (κ1) is 11.4. The molecule has 37 valence electrons. The van der Waals surface area contributed by atoms with Gasteiger partial charge in [-0.05, 0) is 0 Å². The standard InChI is InChI=1S/3CN.Co.K/c3*1-2;;. The molecule has 0 aliphatic heterocycles. The van der Waals surface area contributed by atoms with Crippen molar-refractivity contribution in [3.8, 4) is 15.0 Å². The molecule has 0 unspecified atom stereocenters. The van der Waals surface area contributed by atoms with Gasteiger partial charge in [0.25, 0.3) is 0 Å². The first-order valence-electron chi connectivity index (χ1n) is 1.17. The Hall–Kier alpha value is 0.613. The van der Waals surface area contributed by atoms with E-state index in [1.54, 1.807) is 15.0 Å². The van der Waals surface area contributed by atoms with Crippen molar-refractivity contribution in [3.05, 3.63) is 0 Å². The van der Waals surface area contributed by atoms with E-state index in [1.165, 1.54) is 0 Å². The molecule has 0 heterocycles. The molecule has 3 nitrogen and oxygen atoms in total. The van der Waals surface area contributed by atoms with Crippen molar-refractivity contribution in [2.75, 3.05) is 0 Å². The van der Waals surface area contributed by atoms with Gasteiger partial charge in [0.05, 0.1) is 0 Å². The molecule has 0 aromatic heterocycles. The number of nitriles is 3. The summed E-state index contributed by atoms with van der Waals surface area (Å²) in [6.45, 7) is 0. The molecule has 0 rings (SSSR count). The Bertz CT molecular complexity index is 137. The first-order valence-corrected chi connectivity index (χ1v) is 2.73. The van der Waals surface area contributed by atoms with Gasteiger partial charge in [-0.1, -0.05) is 0 Å². The van der Waals surface area contributed by atoms with Crippen LogP contribution in [0.3, 0.4) is 0 Å². The summed E-state index contributed by atoms with van der Waals surface area (Å²) in [4.78, 5) is 0. The molecule has 0 aliphatic rings. The number of rotatable bonds is 0. The average Bonchev–Trinajstić information content (AvgIpc) is 1.72. The molecule has 0 aliphatic carbocycles. The van der Waals surface area contributed by atoms with Crippen LogP contribution in [0.15, 0.2) is 0 Å². The van der Waals surface area contributed by atoms with E-state index in [-0.39, 0.29) is 51.4 Å². The van der Waals surface area contributed by atoms with E-state index in [0.29, 0.717) is 0 Å². The summed E-state index contributed by atoms with van der Waals surface area (Å²) >= 11 is -1.62. The molecule has 0 saturated heterocycles. The normalized spacial score (nSPS) is 6.38. The average molecular weight is 176 g/mol. The Morgan fingerprint density at radius 3 is 1.12 bits per heavy atom. The van der Waals surface area contributed by atoms with Gasteiger partial charge in [-0.2, -0.15) is 0 Å². The third kappa shape index (κ3) is 4.76. The summed E-state index contributed by atoms with van der Waals surface area (Å²) in [6, 6.07) is 0. The molecule has 5 heteroatoms. The Kier molecular flexibility index (Phi) is 10.9. The van der Waals surface area contributed by atoms with Crippen LogP contribution in [-0.4, -0.2) is 51.4 Å². The molecule has 1 radical (unpaired) electrons. The SMILES string of the molecule is N#[C][Co]([C]#N)[C]#N.[K]. The summed E-state index contributed by atoms with van der Waals surface area (Å²) in [7, 11) is 0. The predicted octanol–water partition coefficient (Wildman–Crippen LogP) is -0.333. The van der Waals surface area contributed by atoms with Crippen molar-refractivity contribution in [2.45, 2.75) is 0 Å². The molecular formula is C3CoKN3. The van der Waals surface area contributed by atoms with Gasteiger partial charge in [0.1, 0.15) is 0 Å². The number of hydrogen-bond donors (Lipinski definition) is 0. The van der Waals surface area contributed by atoms with Crippen LogP contribution in [0.4, 0.5) is 0 Å². The zero-order chi connectivity index (χ0) is 5.70. The summed E-state index contributed by atoms with van der Waals surface area (Å²) in [5, 5.41) is 28.2. The van der Waals surface area contributed by atoms with Crippen LogP contribution in [0, 0.1) is 30.8 Å². The van der Waals surface area contributed by atoms with Crippen LogP contribution in [-0.2, 0) is 13.7 Å². The van der Waals surface area contributed by atoms with Crippen molar-refractivity contribution in [1.29, 1.82) is 15.8 Å². The van der Waals surface area contributed by atoms with Gasteiger partial charge in [0.15, 0.2) is 0 Å². The molecule has 0 aromatic rings. The Morgan fingerprint density at radius 2 is 1.12 bits per heavy atom. The van der Waals surface area contributed by atoms with Crippen molar-refractivity contribution >= 4 is 51.4 Å². The minimum absolute atomic E-state index is 0. The van der Waals surface area contributed by atoms with E-state index < -0.39 is 13.7 Å². The van der Waals surface area contributed by atoms with Gasteiger partial charge in [-0.15, -0.1) is 0 Å². The maximum atomic E-state index is 7.86. The van der Waals surface area contributed by atoms with Crippen LogP contribution < -0.4 is 0 Å². The van der Waals surface area contributed by atoms with Gasteiger partial charge in [0.2, 0.25) is 0 Å². The van der Waals surface area contributed by atoms with Crippen molar-refractivity contribution < 1.29 is 13.7 Å². The maximum absolute atomic E-state index is 7.86. The fraction of sp³-hybridized carbons (Fsp3) is 0. The summed E-state index contributed by atoms with van der Waals surface area (Å²) in [5.41, 5.74) is 0. The Morgan fingerprint density at radius 1 is 0.875 bits per heavy atom. The molecule has 0 spiro atoms. The van der Waals surface area contributed by atoms with Gasteiger partial charge in [-0.3, -0.25) is 0 Å². The quantitative estimate of drug-likeness (QED) is 0.474. The molecule has 0 fully saturated rings. The molecule has 8 heavy (non-hydrogen) atoms. The molecule has 0 amide bonds. The second kappa shape index (κ2) is 7.61. The third-order valence-corrected chi connectivity index (χ3v) is 0.922. The van der Waals surface area contributed by atoms with Gasteiger partial charge >= 0.3 is 44.5 Å². The van der Waals surface area contributed by atoms with Crippen molar-refractivity contribution in [3.63, 3.8) is 0 Å². The largest absolute Gasteiger partial charge is 0 e. The van der Waals surface area contributed by atoms with E-state index in [0.717, 1.165) is 0 Å². The molecular weight excluding hydrogens is 176 g/mol. The summed E-state index contributed by atoms with van der Waals surface area (Å²) in [6.07, 6.45) is 0. The number of hydrogen-bond acceptors (Lipinski definition) is 3. The van der Waals surface area contributed by atoms with Crippen LogP contribution in [0.1, 0.15) is 0 Å². The van der Waals surface area contributed by atoms with Crippen molar-refractivity contribution in [1.82, 2.24) is 0 Å². The van der Waals surface area contributed by atoms with Gasteiger partial charge < -0.3 is 0 Å². The van der Waals surface area contributed by atoms with Crippen LogP contribution in [0.2, 0.25) is 0 Å². The van der Waals surface area contributed by atoms with Crippen LogP contribution in [0.25, 0.3) is 0 Å². The Balaban J connectivity index is 0. The van der Waals surface area contributed by atoms with Crippen molar-refractivity contribution in [2.24, 2.45) is 0 Å². The van der Waals surface area contributed by atoms with Crippen LogP contribution >= 0.6 is 0 Å². The minimum Gasteiger partial charge on any atom is 0 e.